The quantitative estimate of drug-likeness (QED) is 0.702. The Labute approximate surface area is 108 Å². The van der Waals surface area contributed by atoms with E-state index in [1.807, 2.05) is 13.8 Å². The third-order valence-corrected chi connectivity index (χ3v) is 4.57. The van der Waals surface area contributed by atoms with Gasteiger partial charge in [-0.1, -0.05) is 6.92 Å². The molecule has 6 heteroatoms. The smallest absolute Gasteiger partial charge is 0.233 e. The van der Waals surface area contributed by atoms with Crippen LogP contribution in [0.5, 0.6) is 0 Å². The van der Waals surface area contributed by atoms with E-state index < -0.39 is 9.05 Å². The third kappa shape index (κ3) is 5.55. The van der Waals surface area contributed by atoms with Crippen molar-refractivity contribution in [3.8, 4) is 0 Å². The zero-order valence-electron chi connectivity index (χ0n) is 10.4. The van der Waals surface area contributed by atoms with Crippen LogP contribution in [0.2, 0.25) is 0 Å². The van der Waals surface area contributed by atoms with Crippen LogP contribution in [0, 0.1) is 5.41 Å². The van der Waals surface area contributed by atoms with Crippen LogP contribution in [0.4, 0.5) is 0 Å². The van der Waals surface area contributed by atoms with Crippen molar-refractivity contribution in [1.82, 2.24) is 0 Å². The van der Waals surface area contributed by atoms with Crippen molar-refractivity contribution >= 4 is 19.7 Å². The lowest BCUT2D eigenvalue weighted by Gasteiger charge is -2.36. The van der Waals surface area contributed by atoms with Crippen molar-refractivity contribution in [3.63, 3.8) is 0 Å². The normalized spacial score (nSPS) is 22.3. The Balaban J connectivity index is 2.65. The molecule has 1 fully saturated rings. The lowest BCUT2D eigenvalue weighted by Crippen LogP contribution is -2.40. The van der Waals surface area contributed by atoms with Crippen molar-refractivity contribution in [2.45, 2.75) is 39.2 Å². The lowest BCUT2D eigenvalue weighted by molar-refractivity contribution is -0.0490. The molecule has 0 saturated carbocycles. The molecule has 0 bridgehead atoms. The largest absolute Gasteiger partial charge is 0.381 e. The molecule has 0 spiro atoms. The van der Waals surface area contributed by atoms with Gasteiger partial charge in [-0.15, -0.1) is 0 Å². The maximum absolute atomic E-state index is 11.3. The van der Waals surface area contributed by atoms with E-state index in [4.69, 9.17) is 20.2 Å². The molecule has 1 unspecified atom stereocenters. The van der Waals surface area contributed by atoms with Gasteiger partial charge in [-0.3, -0.25) is 0 Å². The van der Waals surface area contributed by atoms with Crippen molar-refractivity contribution in [1.29, 1.82) is 0 Å². The second-order valence-electron chi connectivity index (χ2n) is 4.83. The Morgan fingerprint density at radius 3 is 2.47 bits per heavy atom. The van der Waals surface area contributed by atoms with E-state index in [1.165, 1.54) is 0 Å². The van der Waals surface area contributed by atoms with Crippen LogP contribution in [-0.2, 0) is 18.5 Å². The number of rotatable bonds is 6. The van der Waals surface area contributed by atoms with E-state index in [-0.39, 0.29) is 17.3 Å². The molecule has 1 rings (SSSR count). The van der Waals surface area contributed by atoms with E-state index in [0.717, 1.165) is 6.42 Å². The molecule has 1 saturated heterocycles. The summed E-state index contributed by atoms with van der Waals surface area (Å²) < 4.78 is 33.6. The van der Waals surface area contributed by atoms with Crippen molar-refractivity contribution in [3.05, 3.63) is 0 Å². The van der Waals surface area contributed by atoms with Crippen molar-refractivity contribution < 1.29 is 17.9 Å². The minimum atomic E-state index is -3.50. The second kappa shape index (κ2) is 6.36. The summed E-state index contributed by atoms with van der Waals surface area (Å²) in [6.45, 7) is 5.63. The molecule has 0 aromatic rings. The summed E-state index contributed by atoms with van der Waals surface area (Å²) in [5.41, 5.74) is -0.373. The van der Waals surface area contributed by atoms with Crippen LogP contribution >= 0.6 is 10.7 Å². The van der Waals surface area contributed by atoms with E-state index in [1.54, 1.807) is 0 Å². The van der Waals surface area contributed by atoms with Gasteiger partial charge in [0.15, 0.2) is 0 Å². The molecular formula is C11H21ClO4S. The first-order valence-corrected chi connectivity index (χ1v) is 8.46. The van der Waals surface area contributed by atoms with E-state index >= 15 is 0 Å². The highest BCUT2D eigenvalue weighted by molar-refractivity contribution is 8.13. The van der Waals surface area contributed by atoms with Crippen LogP contribution in [0.25, 0.3) is 0 Å². The molecule has 1 aliphatic heterocycles. The summed E-state index contributed by atoms with van der Waals surface area (Å²) in [5.74, 6) is -0.0264. The third-order valence-electron chi connectivity index (χ3n) is 3.28. The molecule has 0 N–H and O–H groups in total. The maximum atomic E-state index is 11.3. The highest BCUT2D eigenvalue weighted by Gasteiger charge is 2.37. The molecule has 1 heterocycles. The van der Waals surface area contributed by atoms with Gasteiger partial charge in [0.25, 0.3) is 0 Å². The van der Waals surface area contributed by atoms with Gasteiger partial charge in [-0.25, -0.2) is 8.42 Å². The molecule has 0 amide bonds. The van der Waals surface area contributed by atoms with Gasteiger partial charge >= 0.3 is 0 Å². The van der Waals surface area contributed by atoms with Crippen molar-refractivity contribution in [2.24, 2.45) is 5.41 Å². The summed E-state index contributed by atoms with van der Waals surface area (Å²) >= 11 is 0. The molecule has 4 nitrogen and oxygen atoms in total. The lowest BCUT2D eigenvalue weighted by atomic mass is 9.83. The summed E-state index contributed by atoms with van der Waals surface area (Å²) in [4.78, 5) is 0. The minimum absolute atomic E-state index is 0.0264. The zero-order valence-corrected chi connectivity index (χ0v) is 12.0. The number of hydrogen-bond acceptors (Lipinski definition) is 4. The highest BCUT2D eigenvalue weighted by Crippen LogP contribution is 2.34. The van der Waals surface area contributed by atoms with Crippen LogP contribution in [0.15, 0.2) is 0 Å². The first-order chi connectivity index (χ1) is 7.87. The predicted octanol–water partition coefficient (Wildman–Crippen LogP) is 2.17. The number of hydrogen-bond donors (Lipinski definition) is 0. The van der Waals surface area contributed by atoms with Gasteiger partial charge in [-0.05, 0) is 26.2 Å². The second-order valence-corrected chi connectivity index (χ2v) is 7.60. The average Bonchev–Trinajstić information content (AvgIpc) is 2.25. The number of halogens is 1. The predicted molar refractivity (Wildman–Crippen MR) is 67.8 cm³/mol. The van der Waals surface area contributed by atoms with Gasteiger partial charge in [-0.2, -0.15) is 0 Å². The van der Waals surface area contributed by atoms with E-state index in [0.29, 0.717) is 32.7 Å². The van der Waals surface area contributed by atoms with Gasteiger partial charge < -0.3 is 9.47 Å². The van der Waals surface area contributed by atoms with Gasteiger partial charge in [0.05, 0.1) is 18.5 Å². The summed E-state index contributed by atoms with van der Waals surface area (Å²) in [5, 5.41) is 0. The van der Waals surface area contributed by atoms with Crippen molar-refractivity contribution in [2.75, 3.05) is 25.6 Å². The molecular weight excluding hydrogens is 264 g/mol. The van der Waals surface area contributed by atoms with Crippen LogP contribution in [-0.4, -0.2) is 40.1 Å². The van der Waals surface area contributed by atoms with Crippen LogP contribution in [0.1, 0.15) is 33.1 Å². The topological polar surface area (TPSA) is 52.6 Å². The molecule has 0 aromatic heterocycles. The Morgan fingerprint density at radius 2 is 2.00 bits per heavy atom. The van der Waals surface area contributed by atoms with Crippen LogP contribution < -0.4 is 0 Å². The molecule has 0 aliphatic carbocycles. The van der Waals surface area contributed by atoms with Crippen LogP contribution in [0.3, 0.4) is 0 Å². The summed E-state index contributed by atoms with van der Waals surface area (Å²) in [6, 6.07) is 0. The van der Waals surface area contributed by atoms with Gasteiger partial charge in [0.1, 0.15) is 0 Å². The standard InChI is InChI=1S/C11H21ClO4S/c1-3-10(2)16-8-11(9-17(12,13)14)4-6-15-7-5-11/h10H,3-9H2,1-2H3. The number of ether oxygens (including phenoxy) is 2. The first-order valence-electron chi connectivity index (χ1n) is 5.98. The monoisotopic (exact) mass is 284 g/mol. The van der Waals surface area contributed by atoms with E-state index in [2.05, 4.69) is 0 Å². The average molecular weight is 285 g/mol. The Morgan fingerprint density at radius 1 is 1.41 bits per heavy atom. The Kier molecular flexibility index (Phi) is 5.70. The molecule has 102 valence electrons. The van der Waals surface area contributed by atoms with Gasteiger partial charge in [0.2, 0.25) is 9.05 Å². The molecule has 0 aromatic carbocycles. The zero-order chi connectivity index (χ0) is 12.9. The first kappa shape index (κ1) is 15.2. The maximum Gasteiger partial charge on any atom is 0.233 e. The molecule has 0 radical (unpaired) electrons. The fourth-order valence-corrected chi connectivity index (χ4v) is 3.74. The molecule has 1 aliphatic rings. The fourth-order valence-electron chi connectivity index (χ4n) is 1.94. The minimum Gasteiger partial charge on any atom is -0.381 e. The highest BCUT2D eigenvalue weighted by atomic mass is 35.7. The Hall–Kier alpha value is 0.160. The summed E-state index contributed by atoms with van der Waals surface area (Å²) in [6.07, 6.45) is 2.44. The SMILES string of the molecule is CCC(C)OCC1(CS(=O)(=O)Cl)CCOCC1. The fraction of sp³-hybridized carbons (Fsp3) is 1.00. The summed E-state index contributed by atoms with van der Waals surface area (Å²) in [7, 11) is 1.88. The molecule has 1 atom stereocenters. The Bertz CT molecular complexity index is 322. The molecule has 17 heavy (non-hydrogen) atoms. The van der Waals surface area contributed by atoms with E-state index in [9.17, 15) is 8.42 Å². The van der Waals surface area contributed by atoms with Gasteiger partial charge in [0, 0.05) is 29.3 Å².